The van der Waals surface area contributed by atoms with Crippen molar-refractivity contribution in [1.82, 2.24) is 25.4 Å². The molecule has 8 nitrogen and oxygen atoms in total. The monoisotopic (exact) mass is 445 g/mol. The lowest BCUT2D eigenvalue weighted by atomic mass is 10.2. The van der Waals surface area contributed by atoms with E-state index in [0.717, 1.165) is 59.5 Å². The van der Waals surface area contributed by atoms with Gasteiger partial charge in [0.1, 0.15) is 0 Å². The zero-order chi connectivity index (χ0) is 23.2. The highest BCUT2D eigenvalue weighted by molar-refractivity contribution is 5.95. The molecule has 4 rings (SSSR count). The van der Waals surface area contributed by atoms with Gasteiger partial charge in [0.05, 0.1) is 12.2 Å². The summed E-state index contributed by atoms with van der Waals surface area (Å²) in [5.74, 6) is 1.76. The normalized spacial score (nSPS) is 14.1. The Hall–Kier alpha value is -3.68. The number of carbonyl (C=O) groups excluding carboxylic acids is 1. The Balaban J connectivity index is 1.35. The van der Waals surface area contributed by atoms with Crippen LogP contribution in [0.5, 0.6) is 0 Å². The first-order chi connectivity index (χ1) is 16.0. The van der Waals surface area contributed by atoms with Crippen LogP contribution >= 0.6 is 0 Å². The van der Waals surface area contributed by atoms with E-state index in [1.165, 1.54) is 0 Å². The summed E-state index contributed by atoms with van der Waals surface area (Å²) in [4.78, 5) is 23.0. The Morgan fingerprint density at radius 1 is 1.09 bits per heavy atom. The Kier molecular flexibility index (Phi) is 7.02. The predicted molar refractivity (Wildman–Crippen MR) is 131 cm³/mol. The fourth-order valence-corrected chi connectivity index (χ4v) is 3.91. The van der Waals surface area contributed by atoms with Gasteiger partial charge in [0.25, 0.3) is 0 Å². The lowest BCUT2D eigenvalue weighted by Gasteiger charge is -2.16. The number of hydrogen-bond acceptors (Lipinski definition) is 4. The van der Waals surface area contributed by atoms with Gasteiger partial charge in [-0.1, -0.05) is 18.2 Å². The Morgan fingerprint density at radius 2 is 1.88 bits per heavy atom. The molecule has 2 N–H and O–H groups in total. The van der Waals surface area contributed by atoms with Crippen LogP contribution in [0, 0.1) is 13.8 Å². The molecule has 0 radical (unpaired) electrons. The van der Waals surface area contributed by atoms with Crippen LogP contribution in [0.4, 0.5) is 5.69 Å². The van der Waals surface area contributed by atoms with Gasteiger partial charge in [-0.3, -0.25) is 4.79 Å². The van der Waals surface area contributed by atoms with E-state index in [2.05, 4.69) is 32.8 Å². The Labute approximate surface area is 194 Å². The van der Waals surface area contributed by atoms with E-state index in [9.17, 15) is 4.79 Å². The zero-order valence-electron chi connectivity index (χ0n) is 19.5. The van der Waals surface area contributed by atoms with Gasteiger partial charge in [-0.2, -0.15) is 5.10 Å². The molecule has 172 valence electrons. The van der Waals surface area contributed by atoms with Crippen LogP contribution in [-0.4, -0.2) is 39.7 Å². The van der Waals surface area contributed by atoms with Crippen molar-refractivity contribution >= 4 is 17.6 Å². The van der Waals surface area contributed by atoms with Crippen molar-refractivity contribution in [3.63, 3.8) is 0 Å². The number of rotatable bonds is 7. The average molecular weight is 446 g/mol. The molecule has 1 amide bonds. The SMILES string of the molecule is CCNC(=NCc1ccc(-n2nc(C)cc2C)nc1)NCc1ccc(N2CCCC2=O)cc1. The molecule has 2 aromatic heterocycles. The minimum Gasteiger partial charge on any atom is -0.357 e. The fraction of sp³-hybridized carbons (Fsp3) is 0.360. The maximum Gasteiger partial charge on any atom is 0.227 e. The van der Waals surface area contributed by atoms with Crippen molar-refractivity contribution < 1.29 is 4.79 Å². The molecule has 8 heteroatoms. The molecule has 1 saturated heterocycles. The summed E-state index contributed by atoms with van der Waals surface area (Å²) >= 11 is 0. The molecule has 0 atom stereocenters. The highest BCUT2D eigenvalue weighted by Crippen LogP contribution is 2.21. The minimum absolute atomic E-state index is 0.208. The molecule has 1 aliphatic rings. The number of hydrogen-bond donors (Lipinski definition) is 2. The second-order valence-electron chi connectivity index (χ2n) is 8.23. The van der Waals surface area contributed by atoms with E-state index >= 15 is 0 Å². The highest BCUT2D eigenvalue weighted by Gasteiger charge is 2.21. The number of nitrogens with zero attached hydrogens (tertiary/aromatic N) is 5. The molecule has 0 spiro atoms. The van der Waals surface area contributed by atoms with Crippen LogP contribution in [0.25, 0.3) is 5.82 Å². The molecule has 0 saturated carbocycles. The fourth-order valence-electron chi connectivity index (χ4n) is 3.91. The number of nitrogens with one attached hydrogen (secondary N) is 2. The summed E-state index contributed by atoms with van der Waals surface area (Å²) in [5, 5.41) is 11.1. The highest BCUT2D eigenvalue weighted by atomic mass is 16.2. The van der Waals surface area contributed by atoms with E-state index in [-0.39, 0.29) is 5.91 Å². The van der Waals surface area contributed by atoms with E-state index in [1.54, 1.807) is 0 Å². The third kappa shape index (κ3) is 5.58. The second kappa shape index (κ2) is 10.3. The quantitative estimate of drug-likeness (QED) is 0.431. The molecule has 1 fully saturated rings. The first-order valence-corrected chi connectivity index (χ1v) is 11.4. The molecule has 3 aromatic rings. The van der Waals surface area contributed by atoms with Crippen LogP contribution in [0.1, 0.15) is 42.3 Å². The molecule has 1 aliphatic heterocycles. The molecule has 3 heterocycles. The molecule has 33 heavy (non-hydrogen) atoms. The maximum atomic E-state index is 11.9. The van der Waals surface area contributed by atoms with E-state index in [4.69, 9.17) is 4.99 Å². The van der Waals surface area contributed by atoms with Crippen molar-refractivity contribution in [1.29, 1.82) is 0 Å². The topological polar surface area (TPSA) is 87.4 Å². The molecule has 0 bridgehead atoms. The molecular weight excluding hydrogens is 414 g/mol. The number of pyridine rings is 1. The minimum atomic E-state index is 0.208. The number of aliphatic imine (C=N–C) groups is 1. The number of amides is 1. The summed E-state index contributed by atoms with van der Waals surface area (Å²) in [6.45, 7) is 8.80. The third-order valence-corrected chi connectivity index (χ3v) is 5.58. The van der Waals surface area contributed by atoms with Crippen molar-refractivity contribution in [3.8, 4) is 5.82 Å². The number of aromatic nitrogens is 3. The first kappa shape index (κ1) is 22.5. The summed E-state index contributed by atoms with van der Waals surface area (Å²) in [7, 11) is 0. The van der Waals surface area contributed by atoms with Crippen LogP contribution in [0.15, 0.2) is 53.7 Å². The van der Waals surface area contributed by atoms with Gasteiger partial charge >= 0.3 is 0 Å². The van der Waals surface area contributed by atoms with Gasteiger partial charge in [0.2, 0.25) is 5.91 Å². The summed E-state index contributed by atoms with van der Waals surface area (Å²) < 4.78 is 1.85. The predicted octanol–water partition coefficient (Wildman–Crippen LogP) is 3.27. The lowest BCUT2D eigenvalue weighted by Crippen LogP contribution is -2.36. The van der Waals surface area contributed by atoms with Crippen LogP contribution in [0.2, 0.25) is 0 Å². The summed E-state index contributed by atoms with van der Waals surface area (Å²) in [5.41, 5.74) is 5.16. The number of carbonyl (C=O) groups is 1. The Morgan fingerprint density at radius 3 is 2.48 bits per heavy atom. The van der Waals surface area contributed by atoms with Gasteiger partial charge < -0.3 is 15.5 Å². The number of benzene rings is 1. The second-order valence-corrected chi connectivity index (χ2v) is 8.23. The number of aryl methyl sites for hydroxylation is 2. The standard InChI is InChI=1S/C25H31N7O/c1-4-26-25(28-15-20-7-10-22(11-8-20)31-13-5-6-24(31)33)29-17-21-9-12-23(27-16-21)32-19(3)14-18(2)30-32/h7-12,14,16H,4-6,13,15,17H2,1-3H3,(H2,26,28,29). The number of anilines is 1. The molecule has 0 aliphatic carbocycles. The van der Waals surface area contributed by atoms with Gasteiger partial charge in [-0.15, -0.1) is 0 Å². The number of guanidine groups is 1. The van der Waals surface area contributed by atoms with Gasteiger partial charge in [-0.05, 0) is 62.6 Å². The van der Waals surface area contributed by atoms with Gasteiger partial charge in [-0.25, -0.2) is 14.7 Å². The van der Waals surface area contributed by atoms with E-state index < -0.39 is 0 Å². The zero-order valence-corrected chi connectivity index (χ0v) is 19.5. The van der Waals surface area contributed by atoms with Crippen molar-refractivity contribution in [2.45, 2.75) is 46.7 Å². The summed E-state index contributed by atoms with van der Waals surface area (Å²) in [6, 6.07) is 14.2. The molecule has 0 unspecified atom stereocenters. The lowest BCUT2D eigenvalue weighted by molar-refractivity contribution is -0.117. The summed E-state index contributed by atoms with van der Waals surface area (Å²) in [6.07, 6.45) is 3.43. The van der Waals surface area contributed by atoms with Crippen molar-refractivity contribution in [3.05, 3.63) is 71.2 Å². The van der Waals surface area contributed by atoms with Crippen molar-refractivity contribution in [2.75, 3.05) is 18.0 Å². The van der Waals surface area contributed by atoms with Gasteiger partial charge in [0.15, 0.2) is 11.8 Å². The molecule has 1 aromatic carbocycles. The van der Waals surface area contributed by atoms with E-state index in [1.807, 2.05) is 66.9 Å². The van der Waals surface area contributed by atoms with Crippen LogP contribution < -0.4 is 15.5 Å². The van der Waals surface area contributed by atoms with Crippen molar-refractivity contribution in [2.24, 2.45) is 4.99 Å². The average Bonchev–Trinajstić information content (AvgIpc) is 3.40. The smallest absolute Gasteiger partial charge is 0.227 e. The van der Waals surface area contributed by atoms with E-state index in [0.29, 0.717) is 19.5 Å². The van der Waals surface area contributed by atoms with Gasteiger partial charge in [0, 0.05) is 43.6 Å². The Bertz CT molecular complexity index is 1120. The molecular formula is C25H31N7O. The largest absolute Gasteiger partial charge is 0.357 e. The van der Waals surface area contributed by atoms with Crippen LogP contribution in [0.3, 0.4) is 0 Å². The van der Waals surface area contributed by atoms with Crippen LogP contribution in [-0.2, 0) is 17.9 Å². The first-order valence-electron chi connectivity index (χ1n) is 11.4. The third-order valence-electron chi connectivity index (χ3n) is 5.58. The maximum absolute atomic E-state index is 11.9.